The van der Waals surface area contributed by atoms with Gasteiger partial charge in [-0.3, -0.25) is 4.79 Å². The lowest BCUT2D eigenvalue weighted by Gasteiger charge is -2.09. The number of nitrogens with one attached hydrogen (secondary N) is 1. The van der Waals surface area contributed by atoms with Gasteiger partial charge in [-0.15, -0.1) is 16.9 Å². The molecule has 0 aliphatic rings. The summed E-state index contributed by atoms with van der Waals surface area (Å²) >= 11 is 13.6. The van der Waals surface area contributed by atoms with Crippen molar-refractivity contribution in [2.24, 2.45) is 0 Å². The number of para-hydroxylation sites is 1. The Morgan fingerprint density at radius 1 is 1.00 bits per heavy atom. The Labute approximate surface area is 187 Å². The fourth-order valence-electron chi connectivity index (χ4n) is 2.75. The highest BCUT2D eigenvalue weighted by molar-refractivity contribution is 7.98. The van der Waals surface area contributed by atoms with Crippen LogP contribution in [0.1, 0.15) is 16.2 Å². The smallest absolute Gasteiger partial charge is 0.257 e. The van der Waals surface area contributed by atoms with Gasteiger partial charge in [-0.25, -0.2) is 0 Å². The molecular weight excluding hydrogens is 441 g/mol. The molecule has 30 heavy (non-hydrogen) atoms. The summed E-state index contributed by atoms with van der Waals surface area (Å²) in [6.07, 6.45) is 0. The van der Waals surface area contributed by atoms with Crippen LogP contribution in [0.4, 0.5) is 5.69 Å². The first-order valence-corrected chi connectivity index (χ1v) is 10.7. The minimum Gasteiger partial charge on any atom is -0.322 e. The monoisotopic (exact) mass is 455 g/mol. The van der Waals surface area contributed by atoms with Gasteiger partial charge in [0.1, 0.15) is 0 Å². The molecular formula is C21H15Cl2N5OS. The van der Waals surface area contributed by atoms with Crippen molar-refractivity contribution in [2.75, 3.05) is 5.32 Å². The summed E-state index contributed by atoms with van der Waals surface area (Å²) in [4.78, 5) is 13.5. The van der Waals surface area contributed by atoms with Gasteiger partial charge in [0.15, 0.2) is 5.82 Å². The Morgan fingerprint density at radius 3 is 2.63 bits per heavy atom. The van der Waals surface area contributed by atoms with Crippen LogP contribution < -0.4 is 5.32 Å². The van der Waals surface area contributed by atoms with Crippen LogP contribution >= 0.6 is 35.0 Å². The minimum atomic E-state index is -0.299. The molecule has 0 unspecified atom stereocenters. The van der Waals surface area contributed by atoms with Gasteiger partial charge in [0.2, 0.25) is 0 Å². The molecule has 0 bridgehead atoms. The fraction of sp³-hybridized carbons (Fsp3) is 0.0476. The number of aromatic nitrogens is 4. The Kier molecular flexibility index (Phi) is 6.32. The Bertz CT molecular complexity index is 1180. The summed E-state index contributed by atoms with van der Waals surface area (Å²) in [5.74, 6) is 1.00. The Hall–Kier alpha value is -2.87. The molecule has 4 aromatic rings. The molecule has 9 heteroatoms. The van der Waals surface area contributed by atoms with Crippen LogP contribution in [0, 0.1) is 0 Å². The molecule has 1 heterocycles. The van der Waals surface area contributed by atoms with Gasteiger partial charge in [-0.05, 0) is 59.0 Å². The summed E-state index contributed by atoms with van der Waals surface area (Å²) in [5.41, 5.74) is 1.93. The summed E-state index contributed by atoms with van der Waals surface area (Å²) in [6.45, 7) is 0. The summed E-state index contributed by atoms with van der Waals surface area (Å²) in [6, 6.07) is 22.0. The zero-order valence-electron chi connectivity index (χ0n) is 15.5. The van der Waals surface area contributed by atoms with E-state index in [0.717, 1.165) is 16.4 Å². The standard InChI is InChI=1S/C21H15Cl2N5OS/c22-14-9-10-18(19(23)11-14)21(29)24-15-5-4-8-17(12-15)30-13-20-25-26-27-28(20)16-6-2-1-3-7-16/h1-12H,13H2,(H,24,29). The van der Waals surface area contributed by atoms with Gasteiger partial charge in [-0.2, -0.15) is 4.68 Å². The molecule has 0 fully saturated rings. The molecule has 0 aliphatic carbocycles. The predicted molar refractivity (Wildman–Crippen MR) is 120 cm³/mol. The topological polar surface area (TPSA) is 72.7 Å². The highest BCUT2D eigenvalue weighted by Crippen LogP contribution is 2.26. The second-order valence-corrected chi connectivity index (χ2v) is 8.13. The van der Waals surface area contributed by atoms with Gasteiger partial charge >= 0.3 is 0 Å². The van der Waals surface area contributed by atoms with Crippen molar-refractivity contribution >= 4 is 46.6 Å². The van der Waals surface area contributed by atoms with E-state index in [9.17, 15) is 4.79 Å². The number of hydrogen-bond acceptors (Lipinski definition) is 5. The number of thioether (sulfide) groups is 1. The highest BCUT2D eigenvalue weighted by atomic mass is 35.5. The first-order valence-electron chi connectivity index (χ1n) is 8.92. The first-order chi connectivity index (χ1) is 14.6. The number of amides is 1. The lowest BCUT2D eigenvalue weighted by atomic mass is 10.2. The van der Waals surface area contributed by atoms with Crippen LogP contribution in [0.15, 0.2) is 77.7 Å². The number of anilines is 1. The van der Waals surface area contributed by atoms with E-state index >= 15 is 0 Å². The number of carbonyl (C=O) groups excluding carboxylic acids is 1. The number of halogens is 2. The second-order valence-electron chi connectivity index (χ2n) is 6.24. The third kappa shape index (κ3) is 4.81. The van der Waals surface area contributed by atoms with Crippen molar-refractivity contribution in [2.45, 2.75) is 10.6 Å². The van der Waals surface area contributed by atoms with E-state index in [-0.39, 0.29) is 5.91 Å². The fourth-order valence-corrected chi connectivity index (χ4v) is 4.10. The van der Waals surface area contributed by atoms with Crippen LogP contribution in [-0.2, 0) is 5.75 Å². The van der Waals surface area contributed by atoms with Crippen molar-refractivity contribution in [3.63, 3.8) is 0 Å². The average molecular weight is 456 g/mol. The van der Waals surface area contributed by atoms with E-state index in [1.165, 1.54) is 0 Å². The molecule has 1 amide bonds. The molecule has 0 saturated carbocycles. The normalized spacial score (nSPS) is 10.7. The van der Waals surface area contributed by atoms with Crippen LogP contribution in [-0.4, -0.2) is 26.1 Å². The molecule has 3 aromatic carbocycles. The largest absolute Gasteiger partial charge is 0.322 e. The maximum Gasteiger partial charge on any atom is 0.257 e. The van der Waals surface area contributed by atoms with Gasteiger partial charge in [0.25, 0.3) is 5.91 Å². The first kappa shape index (κ1) is 20.4. The van der Waals surface area contributed by atoms with E-state index in [1.807, 2.05) is 54.6 Å². The second kappa shape index (κ2) is 9.30. The Balaban J connectivity index is 1.45. The molecule has 6 nitrogen and oxygen atoms in total. The molecule has 0 aliphatic heterocycles. The third-order valence-electron chi connectivity index (χ3n) is 4.17. The van der Waals surface area contributed by atoms with Crippen molar-refractivity contribution in [3.05, 3.63) is 94.2 Å². The SMILES string of the molecule is O=C(Nc1cccc(SCc2nnnn2-c2ccccc2)c1)c1ccc(Cl)cc1Cl. The molecule has 0 radical (unpaired) electrons. The van der Waals surface area contributed by atoms with E-state index in [0.29, 0.717) is 27.0 Å². The van der Waals surface area contributed by atoms with Crippen LogP contribution in [0.25, 0.3) is 5.69 Å². The quantitative estimate of drug-likeness (QED) is 0.387. The summed E-state index contributed by atoms with van der Waals surface area (Å²) in [7, 11) is 0. The third-order valence-corrected chi connectivity index (χ3v) is 5.71. The van der Waals surface area contributed by atoms with Gasteiger partial charge in [-0.1, -0.05) is 47.5 Å². The maximum absolute atomic E-state index is 12.5. The highest BCUT2D eigenvalue weighted by Gasteiger charge is 2.12. The van der Waals surface area contributed by atoms with Gasteiger partial charge in [0, 0.05) is 15.6 Å². The van der Waals surface area contributed by atoms with E-state index in [1.54, 1.807) is 34.6 Å². The van der Waals surface area contributed by atoms with Crippen molar-refractivity contribution in [1.29, 1.82) is 0 Å². The number of carbonyl (C=O) groups is 1. The van der Waals surface area contributed by atoms with Crippen LogP contribution in [0.5, 0.6) is 0 Å². The van der Waals surface area contributed by atoms with Crippen LogP contribution in [0.2, 0.25) is 10.0 Å². The molecule has 0 saturated heterocycles. The van der Waals surface area contributed by atoms with E-state index < -0.39 is 0 Å². The van der Waals surface area contributed by atoms with Gasteiger partial charge < -0.3 is 5.32 Å². The van der Waals surface area contributed by atoms with Crippen LogP contribution in [0.3, 0.4) is 0 Å². The van der Waals surface area contributed by atoms with E-state index in [2.05, 4.69) is 20.8 Å². The zero-order chi connectivity index (χ0) is 20.9. The lowest BCUT2D eigenvalue weighted by molar-refractivity contribution is 0.102. The van der Waals surface area contributed by atoms with Gasteiger partial charge in [0.05, 0.1) is 22.0 Å². The molecule has 4 rings (SSSR count). The molecule has 0 atom stereocenters. The number of benzene rings is 3. The number of rotatable bonds is 6. The summed E-state index contributed by atoms with van der Waals surface area (Å²) < 4.78 is 1.71. The number of hydrogen-bond donors (Lipinski definition) is 1. The predicted octanol–water partition coefficient (Wildman–Crippen LogP) is 5.51. The number of nitrogens with zero attached hydrogens (tertiary/aromatic N) is 4. The molecule has 0 spiro atoms. The molecule has 1 N–H and O–H groups in total. The average Bonchev–Trinajstić information content (AvgIpc) is 3.22. The maximum atomic E-state index is 12.5. The molecule has 150 valence electrons. The van der Waals surface area contributed by atoms with Crippen molar-refractivity contribution in [3.8, 4) is 5.69 Å². The van der Waals surface area contributed by atoms with E-state index in [4.69, 9.17) is 23.2 Å². The van der Waals surface area contributed by atoms with Crippen molar-refractivity contribution < 1.29 is 4.79 Å². The van der Waals surface area contributed by atoms with Crippen molar-refractivity contribution in [1.82, 2.24) is 20.2 Å². The zero-order valence-corrected chi connectivity index (χ0v) is 17.8. The summed E-state index contributed by atoms with van der Waals surface area (Å²) in [5, 5.41) is 15.6. The lowest BCUT2D eigenvalue weighted by Crippen LogP contribution is -2.12. The number of tetrazole rings is 1. The Morgan fingerprint density at radius 2 is 1.83 bits per heavy atom. The minimum absolute atomic E-state index is 0.299. The molecule has 1 aromatic heterocycles.